The molecule has 0 radical (unpaired) electrons. The third-order valence-electron chi connectivity index (χ3n) is 4.86. The maximum atomic E-state index is 12.3. The molecule has 2 unspecified atom stereocenters. The summed E-state index contributed by atoms with van der Waals surface area (Å²) in [6, 6.07) is 0.999. The van der Waals surface area contributed by atoms with E-state index in [0.717, 1.165) is 38.8 Å². The first kappa shape index (κ1) is 15.6. The Hall–Kier alpha value is -0.810. The lowest BCUT2D eigenvalue weighted by atomic mass is 9.90. The molecule has 2 fully saturated rings. The van der Waals surface area contributed by atoms with Crippen LogP contribution in [-0.4, -0.2) is 66.8 Å². The molecule has 116 valence electrons. The number of aliphatic hydroxyl groups excluding tert-OH is 1. The van der Waals surface area contributed by atoms with Crippen molar-refractivity contribution in [3.05, 3.63) is 0 Å². The summed E-state index contributed by atoms with van der Waals surface area (Å²) >= 11 is 0. The Kier molecular flexibility index (Phi) is 5.66. The van der Waals surface area contributed by atoms with Gasteiger partial charge in [0.25, 0.3) is 0 Å². The summed E-state index contributed by atoms with van der Waals surface area (Å²) in [5.41, 5.74) is 0. The quantitative estimate of drug-likeness (QED) is 0.820. The van der Waals surface area contributed by atoms with Crippen molar-refractivity contribution in [2.45, 2.75) is 50.6 Å². The van der Waals surface area contributed by atoms with Gasteiger partial charge in [0.2, 0.25) is 0 Å². The minimum Gasteiger partial charge on any atom is -0.396 e. The van der Waals surface area contributed by atoms with Gasteiger partial charge < -0.3 is 20.2 Å². The zero-order chi connectivity index (χ0) is 14.5. The van der Waals surface area contributed by atoms with Gasteiger partial charge in [-0.3, -0.25) is 0 Å². The minimum absolute atomic E-state index is 0.0887. The zero-order valence-electron chi connectivity index (χ0n) is 12.8. The molecule has 5 heteroatoms. The average Bonchev–Trinajstić information content (AvgIpc) is 2.47. The summed E-state index contributed by atoms with van der Waals surface area (Å²) in [4.78, 5) is 16.5. The molecule has 1 saturated carbocycles. The molecule has 20 heavy (non-hydrogen) atoms. The number of nitrogens with one attached hydrogen (secondary N) is 1. The van der Waals surface area contributed by atoms with Gasteiger partial charge in [0.15, 0.2) is 0 Å². The summed E-state index contributed by atoms with van der Waals surface area (Å²) in [6.07, 6.45) is 6.44. The number of carbonyl (C=O) groups excluding carboxylic acids is 1. The van der Waals surface area contributed by atoms with E-state index < -0.39 is 0 Å². The van der Waals surface area contributed by atoms with Crippen LogP contribution in [0, 0.1) is 5.92 Å². The van der Waals surface area contributed by atoms with Crippen LogP contribution in [0.5, 0.6) is 0 Å². The van der Waals surface area contributed by atoms with Crippen LogP contribution in [0.4, 0.5) is 4.79 Å². The molecule has 2 rings (SSSR count). The van der Waals surface area contributed by atoms with Crippen LogP contribution in [0.25, 0.3) is 0 Å². The number of rotatable bonds is 3. The normalized spacial score (nSPS) is 28.7. The Bertz CT molecular complexity index is 314. The number of amides is 2. The SMILES string of the molecule is CN(C)C1CCCC(NC(=O)N2CCC(CO)CC2)C1. The van der Waals surface area contributed by atoms with Crippen LogP contribution >= 0.6 is 0 Å². The molecule has 0 aromatic heterocycles. The van der Waals surface area contributed by atoms with Gasteiger partial charge in [-0.1, -0.05) is 0 Å². The molecule has 2 N–H and O–H groups in total. The van der Waals surface area contributed by atoms with Crippen molar-refractivity contribution < 1.29 is 9.90 Å². The van der Waals surface area contributed by atoms with E-state index in [2.05, 4.69) is 24.3 Å². The molecule has 0 spiro atoms. The highest BCUT2D eigenvalue weighted by atomic mass is 16.3. The van der Waals surface area contributed by atoms with Crippen molar-refractivity contribution >= 4 is 6.03 Å². The summed E-state index contributed by atoms with van der Waals surface area (Å²) in [6.45, 7) is 1.81. The van der Waals surface area contributed by atoms with Gasteiger partial charge in [-0.2, -0.15) is 0 Å². The monoisotopic (exact) mass is 283 g/mol. The van der Waals surface area contributed by atoms with Gasteiger partial charge in [-0.05, 0) is 58.5 Å². The zero-order valence-corrected chi connectivity index (χ0v) is 12.8. The highest BCUT2D eigenvalue weighted by Gasteiger charge is 2.27. The first-order valence-electron chi connectivity index (χ1n) is 7.93. The summed E-state index contributed by atoms with van der Waals surface area (Å²) in [7, 11) is 4.24. The molecule has 1 aliphatic heterocycles. The second-order valence-electron chi connectivity index (χ2n) is 6.54. The Morgan fingerprint density at radius 3 is 2.55 bits per heavy atom. The third kappa shape index (κ3) is 4.09. The summed E-state index contributed by atoms with van der Waals surface area (Å²) < 4.78 is 0. The standard InChI is InChI=1S/C15H29N3O2/c1-17(2)14-5-3-4-13(10-14)16-15(20)18-8-6-12(11-19)7-9-18/h12-14,19H,3-11H2,1-2H3,(H,16,20). The first-order valence-corrected chi connectivity index (χ1v) is 7.93. The molecular formula is C15H29N3O2. The van der Waals surface area contributed by atoms with Gasteiger partial charge >= 0.3 is 6.03 Å². The fraction of sp³-hybridized carbons (Fsp3) is 0.933. The van der Waals surface area contributed by atoms with E-state index in [9.17, 15) is 4.79 Å². The van der Waals surface area contributed by atoms with Crippen molar-refractivity contribution in [3.63, 3.8) is 0 Å². The van der Waals surface area contributed by atoms with Crippen LogP contribution in [0.2, 0.25) is 0 Å². The molecule has 5 nitrogen and oxygen atoms in total. The van der Waals surface area contributed by atoms with E-state index in [1.807, 2.05) is 4.90 Å². The number of hydrogen-bond acceptors (Lipinski definition) is 3. The molecular weight excluding hydrogens is 254 g/mol. The Labute approximate surface area is 122 Å². The highest BCUT2D eigenvalue weighted by molar-refractivity contribution is 5.74. The largest absolute Gasteiger partial charge is 0.396 e. The van der Waals surface area contributed by atoms with Crippen molar-refractivity contribution in [1.82, 2.24) is 15.1 Å². The second kappa shape index (κ2) is 7.27. The average molecular weight is 283 g/mol. The molecule has 1 aliphatic carbocycles. The van der Waals surface area contributed by atoms with Gasteiger partial charge in [0.1, 0.15) is 0 Å². The molecule has 2 amide bonds. The van der Waals surface area contributed by atoms with E-state index in [0.29, 0.717) is 18.0 Å². The second-order valence-corrected chi connectivity index (χ2v) is 6.54. The Morgan fingerprint density at radius 2 is 1.95 bits per heavy atom. The molecule has 1 heterocycles. The van der Waals surface area contributed by atoms with Crippen LogP contribution in [0.15, 0.2) is 0 Å². The molecule has 2 atom stereocenters. The van der Waals surface area contributed by atoms with Crippen LogP contribution in [0.3, 0.4) is 0 Å². The number of piperidine rings is 1. The van der Waals surface area contributed by atoms with E-state index in [1.165, 1.54) is 12.8 Å². The smallest absolute Gasteiger partial charge is 0.317 e. The van der Waals surface area contributed by atoms with Gasteiger partial charge in [-0.25, -0.2) is 4.79 Å². The number of carbonyl (C=O) groups is 1. The number of hydrogen-bond donors (Lipinski definition) is 2. The van der Waals surface area contributed by atoms with Gasteiger partial charge in [-0.15, -0.1) is 0 Å². The third-order valence-corrected chi connectivity index (χ3v) is 4.86. The number of aliphatic hydroxyl groups is 1. The maximum absolute atomic E-state index is 12.3. The van der Waals surface area contributed by atoms with Gasteiger partial charge in [0, 0.05) is 31.8 Å². The summed E-state index contributed by atoms with van der Waals surface area (Å²) in [5.74, 6) is 0.381. The number of urea groups is 1. The molecule has 1 saturated heterocycles. The van der Waals surface area contributed by atoms with E-state index >= 15 is 0 Å². The van der Waals surface area contributed by atoms with Crippen molar-refractivity contribution in [1.29, 1.82) is 0 Å². The van der Waals surface area contributed by atoms with Gasteiger partial charge in [0.05, 0.1) is 0 Å². The molecule has 0 bridgehead atoms. The van der Waals surface area contributed by atoms with E-state index in [4.69, 9.17) is 5.11 Å². The Morgan fingerprint density at radius 1 is 1.25 bits per heavy atom. The molecule has 0 aromatic rings. The predicted octanol–water partition coefficient (Wildman–Crippen LogP) is 1.27. The summed E-state index contributed by atoms with van der Waals surface area (Å²) in [5, 5.41) is 12.3. The minimum atomic E-state index is 0.0887. The molecule has 0 aromatic carbocycles. The Balaban J connectivity index is 1.77. The maximum Gasteiger partial charge on any atom is 0.317 e. The van der Waals surface area contributed by atoms with E-state index in [-0.39, 0.29) is 12.6 Å². The van der Waals surface area contributed by atoms with Crippen LogP contribution in [-0.2, 0) is 0 Å². The fourth-order valence-corrected chi connectivity index (χ4v) is 3.35. The first-order chi connectivity index (χ1) is 9.60. The lowest BCUT2D eigenvalue weighted by molar-refractivity contribution is 0.131. The van der Waals surface area contributed by atoms with Crippen molar-refractivity contribution in [2.75, 3.05) is 33.8 Å². The molecule has 2 aliphatic rings. The predicted molar refractivity (Wildman–Crippen MR) is 79.6 cm³/mol. The lowest BCUT2D eigenvalue weighted by Gasteiger charge is -2.36. The van der Waals surface area contributed by atoms with Crippen LogP contribution in [0.1, 0.15) is 38.5 Å². The fourth-order valence-electron chi connectivity index (χ4n) is 3.35. The number of nitrogens with zero attached hydrogens (tertiary/aromatic N) is 2. The number of likely N-dealkylation sites (tertiary alicyclic amines) is 1. The van der Waals surface area contributed by atoms with Crippen molar-refractivity contribution in [2.24, 2.45) is 5.92 Å². The van der Waals surface area contributed by atoms with Crippen molar-refractivity contribution in [3.8, 4) is 0 Å². The highest BCUT2D eigenvalue weighted by Crippen LogP contribution is 2.22. The van der Waals surface area contributed by atoms with Crippen LogP contribution < -0.4 is 5.32 Å². The van der Waals surface area contributed by atoms with E-state index in [1.54, 1.807) is 0 Å². The topological polar surface area (TPSA) is 55.8 Å². The lowest BCUT2D eigenvalue weighted by Crippen LogP contribution is -2.50.